The van der Waals surface area contributed by atoms with Gasteiger partial charge in [-0.25, -0.2) is 4.79 Å². The Bertz CT molecular complexity index is 585. The Kier molecular flexibility index (Phi) is 6.03. The molecular formula is C19H31NO4Si. The first-order valence-electron chi connectivity index (χ1n) is 9.13. The Balaban J connectivity index is 2.35. The first-order valence-corrected chi connectivity index (χ1v) is 11.3. The molecule has 6 heteroatoms. The molecule has 0 aliphatic carbocycles. The van der Waals surface area contributed by atoms with E-state index in [1.165, 1.54) is 0 Å². The number of hydrogen-bond donors (Lipinski definition) is 0. The average Bonchev–Trinajstić information content (AvgIpc) is 2.99. The monoisotopic (exact) mass is 365 g/mol. The number of carbonyl (C=O) groups excluding carboxylic acids is 1. The topological polar surface area (TPSA) is 51.9 Å². The van der Waals surface area contributed by atoms with Gasteiger partial charge in [0.1, 0.15) is 11.8 Å². The maximum Gasteiger partial charge on any atom is 0.414 e. The Morgan fingerprint density at radius 1 is 1.20 bits per heavy atom. The number of amides is 1. The summed E-state index contributed by atoms with van der Waals surface area (Å²) in [6.45, 7) is 15.7. The maximum absolute atomic E-state index is 12.2. The molecule has 25 heavy (non-hydrogen) atoms. The van der Waals surface area contributed by atoms with Crippen molar-refractivity contribution < 1.29 is 18.4 Å². The normalized spacial score (nSPS) is 17.8. The fourth-order valence-corrected chi connectivity index (χ4v) is 9.37. The quantitative estimate of drug-likeness (QED) is 0.571. The van der Waals surface area contributed by atoms with Crippen LogP contribution in [0.15, 0.2) is 35.0 Å². The van der Waals surface area contributed by atoms with Gasteiger partial charge in [0.05, 0.1) is 25.3 Å². The second-order valence-corrected chi connectivity index (χ2v) is 12.9. The van der Waals surface area contributed by atoms with Crippen LogP contribution in [0.3, 0.4) is 0 Å². The molecule has 1 unspecified atom stereocenters. The molecule has 0 saturated carbocycles. The maximum atomic E-state index is 12.2. The van der Waals surface area contributed by atoms with E-state index in [1.54, 1.807) is 30.5 Å². The number of rotatable bonds is 7. The molecule has 0 aromatic carbocycles. The van der Waals surface area contributed by atoms with Crippen molar-refractivity contribution in [1.29, 1.82) is 0 Å². The van der Waals surface area contributed by atoms with Gasteiger partial charge in [-0.15, -0.1) is 0 Å². The molecule has 140 valence electrons. The van der Waals surface area contributed by atoms with Crippen LogP contribution in [0.2, 0.25) is 16.6 Å². The van der Waals surface area contributed by atoms with Crippen LogP contribution in [-0.4, -0.2) is 25.9 Å². The number of carbonyl (C=O) groups is 1. The van der Waals surface area contributed by atoms with Gasteiger partial charge in [0.2, 0.25) is 0 Å². The summed E-state index contributed by atoms with van der Waals surface area (Å²) in [6.07, 6.45) is 4.71. The van der Waals surface area contributed by atoms with E-state index < -0.39 is 8.32 Å². The molecule has 0 radical (unpaired) electrons. The zero-order chi connectivity index (χ0) is 18.8. The standard InChI is InChI=1S/C19H31NO4Si/c1-8-23-19(21)20-11-17(18(20)16-9-10-22-12-16)24-25(13(2)3,14(4)5)15(6)7/h9-15,18H,8H2,1-7H3. The van der Waals surface area contributed by atoms with E-state index in [2.05, 4.69) is 41.5 Å². The van der Waals surface area contributed by atoms with Crippen LogP contribution in [0.4, 0.5) is 4.79 Å². The van der Waals surface area contributed by atoms with Crippen LogP contribution in [0.25, 0.3) is 0 Å². The minimum atomic E-state index is -2.08. The van der Waals surface area contributed by atoms with Gasteiger partial charge in [-0.2, -0.15) is 0 Å². The lowest BCUT2D eigenvalue weighted by molar-refractivity contribution is 0.0891. The summed E-state index contributed by atoms with van der Waals surface area (Å²) < 4.78 is 17.2. The van der Waals surface area contributed by atoms with Crippen LogP contribution in [-0.2, 0) is 9.16 Å². The molecular weight excluding hydrogens is 334 g/mol. The SMILES string of the molecule is CCOC(=O)N1C=C(O[Si](C(C)C)(C(C)C)C(C)C)C1c1ccoc1. The van der Waals surface area contributed by atoms with Gasteiger partial charge < -0.3 is 13.6 Å². The Hall–Kier alpha value is -1.69. The van der Waals surface area contributed by atoms with E-state index in [9.17, 15) is 4.79 Å². The second-order valence-electron chi connectivity index (χ2n) is 7.52. The molecule has 0 saturated heterocycles. The van der Waals surface area contributed by atoms with Crippen molar-refractivity contribution in [3.63, 3.8) is 0 Å². The van der Waals surface area contributed by atoms with Gasteiger partial charge in [-0.05, 0) is 29.6 Å². The Labute approximate surface area is 152 Å². The number of hydrogen-bond acceptors (Lipinski definition) is 4. The van der Waals surface area contributed by atoms with Gasteiger partial charge in [-0.3, -0.25) is 4.90 Å². The van der Waals surface area contributed by atoms with Crippen LogP contribution in [0.1, 0.15) is 60.1 Å². The molecule has 2 rings (SSSR count). The fourth-order valence-electron chi connectivity index (χ4n) is 4.09. The lowest BCUT2D eigenvalue weighted by atomic mass is 10.0. The van der Waals surface area contributed by atoms with Crippen molar-refractivity contribution in [3.05, 3.63) is 36.1 Å². The van der Waals surface area contributed by atoms with Gasteiger partial charge in [0.15, 0.2) is 0 Å². The molecule has 1 aliphatic rings. The van der Waals surface area contributed by atoms with Crippen molar-refractivity contribution in [2.75, 3.05) is 6.61 Å². The molecule has 0 bridgehead atoms. The van der Waals surface area contributed by atoms with E-state index in [0.717, 1.165) is 11.3 Å². The summed E-state index contributed by atoms with van der Waals surface area (Å²) in [6, 6.07) is 1.61. The first kappa shape index (κ1) is 19.6. The highest BCUT2D eigenvalue weighted by molar-refractivity contribution is 6.77. The lowest BCUT2D eigenvalue weighted by Crippen LogP contribution is -2.51. The minimum Gasteiger partial charge on any atom is -0.543 e. The largest absolute Gasteiger partial charge is 0.543 e. The predicted molar refractivity (Wildman–Crippen MR) is 101 cm³/mol. The van der Waals surface area contributed by atoms with Crippen LogP contribution in [0, 0.1) is 0 Å². The van der Waals surface area contributed by atoms with E-state index in [4.69, 9.17) is 13.6 Å². The average molecular weight is 366 g/mol. The third kappa shape index (κ3) is 3.49. The van der Waals surface area contributed by atoms with Gasteiger partial charge in [0.25, 0.3) is 8.32 Å². The Morgan fingerprint density at radius 2 is 1.80 bits per heavy atom. The smallest absolute Gasteiger partial charge is 0.414 e. The van der Waals surface area contributed by atoms with Crippen LogP contribution < -0.4 is 0 Å². The number of ether oxygens (including phenoxy) is 1. The summed E-state index contributed by atoms with van der Waals surface area (Å²) in [4.78, 5) is 13.8. The van der Waals surface area contributed by atoms with Crippen molar-refractivity contribution >= 4 is 14.4 Å². The van der Waals surface area contributed by atoms with E-state index in [1.807, 2.05) is 6.07 Å². The van der Waals surface area contributed by atoms with Crippen molar-refractivity contribution in [2.24, 2.45) is 0 Å². The third-order valence-electron chi connectivity index (χ3n) is 5.15. The molecule has 1 atom stereocenters. The summed E-state index contributed by atoms with van der Waals surface area (Å²) in [7, 11) is -2.08. The third-order valence-corrected chi connectivity index (χ3v) is 11.2. The van der Waals surface area contributed by atoms with Gasteiger partial charge in [-0.1, -0.05) is 41.5 Å². The minimum absolute atomic E-state index is 0.263. The zero-order valence-corrected chi connectivity index (χ0v) is 17.4. The molecule has 1 aliphatic heterocycles. The van der Waals surface area contributed by atoms with E-state index in [-0.39, 0.29) is 12.1 Å². The van der Waals surface area contributed by atoms with Crippen molar-refractivity contribution in [2.45, 2.75) is 71.1 Å². The number of furan rings is 1. The first-order chi connectivity index (χ1) is 11.8. The van der Waals surface area contributed by atoms with Gasteiger partial charge >= 0.3 is 6.09 Å². The van der Waals surface area contributed by atoms with Crippen molar-refractivity contribution in [3.8, 4) is 0 Å². The van der Waals surface area contributed by atoms with E-state index in [0.29, 0.717) is 23.2 Å². The molecule has 5 nitrogen and oxygen atoms in total. The lowest BCUT2D eigenvalue weighted by Gasteiger charge is -2.47. The molecule has 0 fully saturated rings. The summed E-state index contributed by atoms with van der Waals surface area (Å²) in [5.41, 5.74) is 2.31. The second kappa shape index (κ2) is 7.68. The van der Waals surface area contributed by atoms with Crippen molar-refractivity contribution in [1.82, 2.24) is 4.90 Å². The highest BCUT2D eigenvalue weighted by atomic mass is 28.4. The molecule has 2 heterocycles. The zero-order valence-electron chi connectivity index (χ0n) is 16.4. The summed E-state index contributed by atoms with van der Waals surface area (Å²) in [5.74, 6) is 0.845. The summed E-state index contributed by atoms with van der Waals surface area (Å²) >= 11 is 0. The Morgan fingerprint density at radius 3 is 2.24 bits per heavy atom. The van der Waals surface area contributed by atoms with Crippen LogP contribution >= 0.6 is 0 Å². The molecule has 1 aromatic rings. The highest BCUT2D eigenvalue weighted by Crippen LogP contribution is 2.48. The highest BCUT2D eigenvalue weighted by Gasteiger charge is 2.50. The van der Waals surface area contributed by atoms with E-state index >= 15 is 0 Å². The van der Waals surface area contributed by atoms with Gasteiger partial charge in [0, 0.05) is 5.56 Å². The molecule has 1 aromatic heterocycles. The predicted octanol–water partition coefficient (Wildman–Crippen LogP) is 5.83. The number of nitrogens with zero attached hydrogens (tertiary/aromatic N) is 1. The molecule has 0 N–H and O–H groups in total. The molecule has 1 amide bonds. The van der Waals surface area contributed by atoms with Crippen LogP contribution in [0.5, 0.6) is 0 Å². The summed E-state index contributed by atoms with van der Waals surface area (Å²) in [5, 5.41) is 0. The fraction of sp³-hybridized carbons (Fsp3) is 0.632. The molecule has 0 spiro atoms.